The summed E-state index contributed by atoms with van der Waals surface area (Å²) in [5.41, 5.74) is 0.670. The number of piperidine rings is 1. The first kappa shape index (κ1) is 15.8. The third kappa shape index (κ3) is 5.04. The van der Waals surface area contributed by atoms with Crippen LogP contribution in [0.25, 0.3) is 0 Å². The molecule has 4 nitrogen and oxygen atoms in total. The Labute approximate surface area is 127 Å². The highest BCUT2D eigenvalue weighted by atomic mass is 16.5. The lowest BCUT2D eigenvalue weighted by molar-refractivity contribution is 0.128. The van der Waals surface area contributed by atoms with E-state index >= 15 is 0 Å². The largest absolute Gasteiger partial charge is 0.494 e. The molecule has 114 valence electrons. The minimum atomic E-state index is 0.670. The van der Waals surface area contributed by atoms with E-state index in [0.717, 1.165) is 25.3 Å². The number of ether oxygens (including phenoxy) is 1. The van der Waals surface area contributed by atoms with Crippen LogP contribution in [0.5, 0.6) is 5.75 Å². The van der Waals surface area contributed by atoms with Gasteiger partial charge in [-0.15, -0.1) is 0 Å². The van der Waals surface area contributed by atoms with Crippen molar-refractivity contribution in [3.63, 3.8) is 0 Å². The smallest absolute Gasteiger partial charge is 0.119 e. The molecular formula is C17H25N3O. The van der Waals surface area contributed by atoms with Gasteiger partial charge in [0.25, 0.3) is 0 Å². The number of hydrogen-bond acceptors (Lipinski definition) is 4. The van der Waals surface area contributed by atoms with Crippen molar-refractivity contribution in [3.8, 4) is 11.8 Å². The summed E-state index contributed by atoms with van der Waals surface area (Å²) in [5, 5.41) is 8.75. The molecule has 1 heterocycles. The van der Waals surface area contributed by atoms with Gasteiger partial charge in [0, 0.05) is 19.1 Å². The molecule has 1 fully saturated rings. The first-order valence-corrected chi connectivity index (χ1v) is 7.71. The minimum absolute atomic E-state index is 0.670. The van der Waals surface area contributed by atoms with Crippen molar-refractivity contribution in [1.29, 1.82) is 5.26 Å². The van der Waals surface area contributed by atoms with Crippen molar-refractivity contribution in [3.05, 3.63) is 29.8 Å². The average molecular weight is 287 g/mol. The highest BCUT2D eigenvalue weighted by molar-refractivity contribution is 5.34. The number of likely N-dealkylation sites (tertiary alicyclic amines) is 1. The molecule has 2 rings (SSSR count). The van der Waals surface area contributed by atoms with E-state index in [0.29, 0.717) is 11.6 Å². The first-order chi connectivity index (χ1) is 10.2. The van der Waals surface area contributed by atoms with Gasteiger partial charge in [-0.25, -0.2) is 0 Å². The van der Waals surface area contributed by atoms with Crippen molar-refractivity contribution in [2.45, 2.75) is 25.3 Å². The SMILES string of the molecule is CN1CCCC(N(C)CCCOc2ccc(C#N)cc2)C1. The molecule has 1 saturated heterocycles. The van der Waals surface area contributed by atoms with Gasteiger partial charge in [0.2, 0.25) is 0 Å². The van der Waals surface area contributed by atoms with E-state index < -0.39 is 0 Å². The van der Waals surface area contributed by atoms with E-state index in [1.807, 2.05) is 12.1 Å². The van der Waals surface area contributed by atoms with E-state index in [9.17, 15) is 0 Å². The summed E-state index contributed by atoms with van der Waals surface area (Å²) in [4.78, 5) is 4.87. The molecule has 0 bridgehead atoms. The second kappa shape index (κ2) is 8.02. The molecule has 1 aliphatic rings. The number of nitrogens with zero attached hydrogens (tertiary/aromatic N) is 3. The van der Waals surface area contributed by atoms with Crippen molar-refractivity contribution >= 4 is 0 Å². The molecule has 1 atom stereocenters. The fraction of sp³-hybridized carbons (Fsp3) is 0.588. The Balaban J connectivity index is 1.65. The quantitative estimate of drug-likeness (QED) is 0.753. The van der Waals surface area contributed by atoms with E-state index in [1.165, 1.54) is 25.9 Å². The molecule has 0 N–H and O–H groups in total. The Kier molecular flexibility index (Phi) is 6.04. The Hall–Kier alpha value is -1.57. The maximum absolute atomic E-state index is 8.75. The van der Waals surface area contributed by atoms with Crippen molar-refractivity contribution in [1.82, 2.24) is 9.80 Å². The van der Waals surface area contributed by atoms with E-state index in [1.54, 1.807) is 12.1 Å². The molecule has 1 aliphatic heterocycles. The molecule has 1 unspecified atom stereocenters. The Morgan fingerprint density at radius 2 is 2.14 bits per heavy atom. The third-order valence-corrected chi connectivity index (χ3v) is 4.13. The van der Waals surface area contributed by atoms with Crippen LogP contribution in [0, 0.1) is 11.3 Å². The van der Waals surface area contributed by atoms with Crippen LogP contribution < -0.4 is 4.74 Å². The van der Waals surface area contributed by atoms with E-state index in [2.05, 4.69) is 30.0 Å². The highest BCUT2D eigenvalue weighted by Gasteiger charge is 2.20. The second-order valence-electron chi connectivity index (χ2n) is 5.88. The van der Waals surface area contributed by atoms with Crippen LogP contribution in [0.1, 0.15) is 24.8 Å². The van der Waals surface area contributed by atoms with Crippen LogP contribution >= 0.6 is 0 Å². The summed E-state index contributed by atoms with van der Waals surface area (Å²) < 4.78 is 5.72. The number of nitriles is 1. The maximum atomic E-state index is 8.75. The predicted molar refractivity (Wildman–Crippen MR) is 84.4 cm³/mol. The lowest BCUT2D eigenvalue weighted by Crippen LogP contribution is -2.45. The summed E-state index contributed by atoms with van der Waals surface area (Å²) in [5.74, 6) is 0.842. The third-order valence-electron chi connectivity index (χ3n) is 4.13. The fourth-order valence-electron chi connectivity index (χ4n) is 2.81. The molecule has 0 amide bonds. The number of likely N-dealkylation sites (N-methyl/N-ethyl adjacent to an activating group) is 2. The molecule has 0 saturated carbocycles. The Bertz CT molecular complexity index is 466. The first-order valence-electron chi connectivity index (χ1n) is 7.71. The summed E-state index contributed by atoms with van der Waals surface area (Å²) in [6.45, 7) is 4.19. The average Bonchev–Trinajstić information content (AvgIpc) is 2.52. The zero-order valence-electron chi connectivity index (χ0n) is 13.1. The van der Waals surface area contributed by atoms with Crippen LogP contribution in [0.2, 0.25) is 0 Å². The lowest BCUT2D eigenvalue weighted by atomic mass is 10.1. The highest BCUT2D eigenvalue weighted by Crippen LogP contribution is 2.14. The topological polar surface area (TPSA) is 39.5 Å². The summed E-state index contributed by atoms with van der Waals surface area (Å²) >= 11 is 0. The standard InChI is InChI=1S/C17H25N3O/c1-19-10-3-5-16(14-19)20(2)11-4-12-21-17-8-6-15(13-18)7-9-17/h6-9,16H,3-5,10-12,14H2,1-2H3. The number of benzene rings is 1. The monoisotopic (exact) mass is 287 g/mol. The van der Waals surface area contributed by atoms with Crippen molar-refractivity contribution in [2.24, 2.45) is 0 Å². The van der Waals surface area contributed by atoms with E-state index in [4.69, 9.17) is 10.00 Å². The van der Waals surface area contributed by atoms with Gasteiger partial charge in [0.1, 0.15) is 5.75 Å². The second-order valence-corrected chi connectivity index (χ2v) is 5.88. The molecule has 0 spiro atoms. The van der Waals surface area contributed by atoms with Crippen molar-refractivity contribution < 1.29 is 4.74 Å². The van der Waals surface area contributed by atoms with Gasteiger partial charge < -0.3 is 14.5 Å². The maximum Gasteiger partial charge on any atom is 0.119 e. The van der Waals surface area contributed by atoms with Gasteiger partial charge in [-0.05, 0) is 64.2 Å². The zero-order chi connectivity index (χ0) is 15.1. The number of hydrogen-bond donors (Lipinski definition) is 0. The summed E-state index contributed by atoms with van der Waals surface area (Å²) in [6, 6.07) is 10.1. The van der Waals surface area contributed by atoms with E-state index in [-0.39, 0.29) is 0 Å². The van der Waals surface area contributed by atoms with Crippen molar-refractivity contribution in [2.75, 3.05) is 40.3 Å². The molecule has 4 heteroatoms. The molecule has 1 aromatic rings. The molecule has 21 heavy (non-hydrogen) atoms. The van der Waals surface area contributed by atoms with Gasteiger partial charge in [-0.2, -0.15) is 5.26 Å². The molecular weight excluding hydrogens is 262 g/mol. The Morgan fingerprint density at radius 1 is 1.38 bits per heavy atom. The minimum Gasteiger partial charge on any atom is -0.494 e. The molecule has 0 aliphatic carbocycles. The van der Waals surface area contributed by atoms with Crippen LogP contribution in [0.15, 0.2) is 24.3 Å². The lowest BCUT2D eigenvalue weighted by Gasteiger charge is -2.35. The van der Waals surface area contributed by atoms with Crippen LogP contribution in [-0.4, -0.2) is 56.2 Å². The summed E-state index contributed by atoms with van der Waals surface area (Å²) in [7, 11) is 4.42. The fourth-order valence-corrected chi connectivity index (χ4v) is 2.81. The van der Waals surface area contributed by atoms with Gasteiger partial charge in [-0.1, -0.05) is 0 Å². The molecule has 0 radical (unpaired) electrons. The van der Waals surface area contributed by atoms with Crippen LogP contribution in [0.3, 0.4) is 0 Å². The predicted octanol–water partition coefficient (Wildman–Crippen LogP) is 2.35. The van der Waals surface area contributed by atoms with Crippen LogP contribution in [-0.2, 0) is 0 Å². The zero-order valence-corrected chi connectivity index (χ0v) is 13.1. The Morgan fingerprint density at radius 3 is 2.81 bits per heavy atom. The van der Waals surface area contributed by atoms with Gasteiger partial charge >= 0.3 is 0 Å². The van der Waals surface area contributed by atoms with Gasteiger partial charge in [0.05, 0.1) is 18.2 Å². The van der Waals surface area contributed by atoms with Gasteiger partial charge in [0.15, 0.2) is 0 Å². The molecule has 0 aromatic heterocycles. The van der Waals surface area contributed by atoms with Crippen LogP contribution in [0.4, 0.5) is 0 Å². The number of rotatable bonds is 6. The normalized spacial score (nSPS) is 19.4. The summed E-state index contributed by atoms with van der Waals surface area (Å²) in [6.07, 6.45) is 3.63. The molecule has 1 aromatic carbocycles. The van der Waals surface area contributed by atoms with Gasteiger partial charge in [-0.3, -0.25) is 0 Å².